The molecule has 1 heterocycles. The minimum absolute atomic E-state index is 0.336. The zero-order chi connectivity index (χ0) is 17.1. The summed E-state index contributed by atoms with van der Waals surface area (Å²) >= 11 is 0. The van der Waals surface area contributed by atoms with Crippen molar-refractivity contribution in [2.75, 3.05) is 0 Å². The van der Waals surface area contributed by atoms with Crippen LogP contribution >= 0.6 is 0 Å². The van der Waals surface area contributed by atoms with Gasteiger partial charge in [-0.15, -0.1) is 0 Å². The van der Waals surface area contributed by atoms with Crippen LogP contribution in [0.1, 0.15) is 5.56 Å². The molecule has 1 aromatic heterocycles. The van der Waals surface area contributed by atoms with Crippen LogP contribution in [0, 0.1) is 0 Å². The van der Waals surface area contributed by atoms with Crippen molar-refractivity contribution in [3.63, 3.8) is 0 Å². The molecule has 0 aliphatic carbocycles. The van der Waals surface area contributed by atoms with Crippen LogP contribution in [0.15, 0.2) is 94.1 Å². The van der Waals surface area contributed by atoms with Gasteiger partial charge < -0.3 is 9.15 Å². The summed E-state index contributed by atoms with van der Waals surface area (Å²) in [6, 6.07) is 26.8. The second kappa shape index (κ2) is 6.65. The maximum Gasteiger partial charge on any atom is 0.344 e. The summed E-state index contributed by atoms with van der Waals surface area (Å²) in [6.07, 6.45) is 0. The maximum atomic E-state index is 12.2. The largest absolute Gasteiger partial charge is 0.489 e. The van der Waals surface area contributed by atoms with Crippen LogP contribution in [0.5, 0.6) is 5.75 Å². The van der Waals surface area contributed by atoms with Gasteiger partial charge in [0.2, 0.25) is 0 Å². The lowest BCUT2D eigenvalue weighted by molar-refractivity contribution is 0.306. The molecule has 0 saturated heterocycles. The van der Waals surface area contributed by atoms with Crippen molar-refractivity contribution >= 4 is 11.0 Å². The molecule has 0 aliphatic heterocycles. The first-order chi connectivity index (χ1) is 12.3. The minimum Gasteiger partial charge on any atom is -0.489 e. The molecule has 0 unspecified atom stereocenters. The molecule has 0 N–H and O–H groups in total. The summed E-state index contributed by atoms with van der Waals surface area (Å²) in [5, 5.41) is 0.904. The zero-order valence-corrected chi connectivity index (χ0v) is 13.5. The Labute approximate surface area is 145 Å². The molecular formula is C22H16O3. The smallest absolute Gasteiger partial charge is 0.344 e. The minimum atomic E-state index is -0.336. The highest BCUT2D eigenvalue weighted by atomic mass is 16.5. The van der Waals surface area contributed by atoms with Crippen molar-refractivity contribution in [3.05, 3.63) is 101 Å². The Morgan fingerprint density at radius 2 is 1.52 bits per heavy atom. The van der Waals surface area contributed by atoms with Crippen LogP contribution < -0.4 is 10.4 Å². The van der Waals surface area contributed by atoms with Crippen LogP contribution in [0.3, 0.4) is 0 Å². The number of ether oxygens (including phenoxy) is 1. The lowest BCUT2D eigenvalue weighted by Crippen LogP contribution is -2.02. The van der Waals surface area contributed by atoms with Crippen molar-refractivity contribution in [3.8, 4) is 16.9 Å². The zero-order valence-electron chi connectivity index (χ0n) is 13.5. The first-order valence-corrected chi connectivity index (χ1v) is 8.10. The van der Waals surface area contributed by atoms with Gasteiger partial charge in [-0.25, -0.2) is 4.79 Å². The molecular weight excluding hydrogens is 312 g/mol. The van der Waals surface area contributed by atoms with E-state index in [1.54, 1.807) is 6.07 Å². The average Bonchev–Trinajstić information content (AvgIpc) is 2.67. The van der Waals surface area contributed by atoms with E-state index in [0.29, 0.717) is 17.8 Å². The van der Waals surface area contributed by atoms with Crippen molar-refractivity contribution in [2.45, 2.75) is 6.61 Å². The normalized spacial score (nSPS) is 10.7. The molecule has 3 heteroatoms. The topological polar surface area (TPSA) is 39.4 Å². The fraction of sp³-hybridized carbons (Fsp3) is 0.0455. The van der Waals surface area contributed by atoms with E-state index in [2.05, 4.69) is 0 Å². The van der Waals surface area contributed by atoms with Gasteiger partial charge in [0.1, 0.15) is 17.9 Å². The highest BCUT2D eigenvalue weighted by Gasteiger charge is 2.08. The second-order valence-corrected chi connectivity index (χ2v) is 5.78. The van der Waals surface area contributed by atoms with Gasteiger partial charge in [0.15, 0.2) is 0 Å². The number of hydrogen-bond acceptors (Lipinski definition) is 3. The van der Waals surface area contributed by atoms with Crippen molar-refractivity contribution in [1.82, 2.24) is 0 Å². The lowest BCUT2D eigenvalue weighted by atomic mass is 10.1. The van der Waals surface area contributed by atoms with E-state index in [-0.39, 0.29) is 5.63 Å². The van der Waals surface area contributed by atoms with Crippen LogP contribution in [-0.4, -0.2) is 0 Å². The molecule has 3 aromatic carbocycles. The van der Waals surface area contributed by atoms with Gasteiger partial charge in [-0.3, -0.25) is 0 Å². The Balaban J connectivity index is 1.58. The van der Waals surface area contributed by atoms with Crippen molar-refractivity contribution < 1.29 is 9.15 Å². The fourth-order valence-corrected chi connectivity index (χ4v) is 2.73. The second-order valence-electron chi connectivity index (χ2n) is 5.78. The van der Waals surface area contributed by atoms with Gasteiger partial charge in [0.25, 0.3) is 0 Å². The Hall–Kier alpha value is -3.33. The summed E-state index contributed by atoms with van der Waals surface area (Å²) in [6.45, 7) is 0.512. The number of hydrogen-bond donors (Lipinski definition) is 0. The highest BCUT2D eigenvalue weighted by molar-refractivity contribution is 5.81. The molecule has 0 spiro atoms. The molecule has 0 aliphatic rings. The molecule has 0 fully saturated rings. The molecule has 25 heavy (non-hydrogen) atoms. The quantitative estimate of drug-likeness (QED) is 0.493. The molecule has 0 amide bonds. The summed E-state index contributed by atoms with van der Waals surface area (Å²) in [4.78, 5) is 12.2. The third-order valence-corrected chi connectivity index (χ3v) is 4.06. The number of para-hydroxylation sites is 1. The van der Waals surface area contributed by atoms with Gasteiger partial charge in [-0.2, -0.15) is 0 Å². The highest BCUT2D eigenvalue weighted by Crippen LogP contribution is 2.23. The predicted octanol–water partition coefficient (Wildman–Crippen LogP) is 5.04. The van der Waals surface area contributed by atoms with Gasteiger partial charge >= 0.3 is 5.63 Å². The number of rotatable bonds is 4. The number of fused-ring (bicyclic) bond motifs is 1. The Kier molecular flexibility index (Phi) is 4.05. The van der Waals surface area contributed by atoms with E-state index in [4.69, 9.17) is 9.15 Å². The third-order valence-electron chi connectivity index (χ3n) is 4.06. The van der Waals surface area contributed by atoms with Crippen LogP contribution in [-0.2, 0) is 6.61 Å². The summed E-state index contributed by atoms with van der Waals surface area (Å²) < 4.78 is 11.2. The number of benzene rings is 3. The SMILES string of the molecule is O=c1oc2ccccc2cc1-c1ccc(OCc2ccccc2)cc1. The Morgan fingerprint density at radius 1 is 0.800 bits per heavy atom. The molecule has 0 saturated carbocycles. The third kappa shape index (κ3) is 3.31. The van der Waals surface area contributed by atoms with Gasteiger partial charge in [-0.1, -0.05) is 60.7 Å². The molecule has 0 bridgehead atoms. The van der Waals surface area contributed by atoms with E-state index in [0.717, 1.165) is 22.3 Å². The monoisotopic (exact) mass is 328 g/mol. The summed E-state index contributed by atoms with van der Waals surface area (Å²) in [5.41, 5.74) is 2.73. The van der Waals surface area contributed by atoms with E-state index < -0.39 is 0 Å². The first kappa shape index (κ1) is 15.2. The molecule has 4 aromatic rings. The van der Waals surface area contributed by atoms with Crippen molar-refractivity contribution in [2.24, 2.45) is 0 Å². The summed E-state index contributed by atoms with van der Waals surface area (Å²) in [7, 11) is 0. The first-order valence-electron chi connectivity index (χ1n) is 8.10. The van der Waals surface area contributed by atoms with Gasteiger partial charge in [-0.05, 0) is 35.4 Å². The maximum absolute atomic E-state index is 12.2. The van der Waals surface area contributed by atoms with Crippen molar-refractivity contribution in [1.29, 1.82) is 0 Å². The molecule has 0 radical (unpaired) electrons. The van der Waals surface area contributed by atoms with Crippen LogP contribution in [0.25, 0.3) is 22.1 Å². The molecule has 4 rings (SSSR count). The lowest BCUT2D eigenvalue weighted by Gasteiger charge is -2.07. The Bertz CT molecular complexity index is 1050. The van der Waals surface area contributed by atoms with E-state index in [9.17, 15) is 4.79 Å². The Morgan fingerprint density at radius 3 is 2.32 bits per heavy atom. The summed E-state index contributed by atoms with van der Waals surface area (Å²) in [5.74, 6) is 0.762. The van der Waals surface area contributed by atoms with Gasteiger partial charge in [0, 0.05) is 5.39 Å². The average molecular weight is 328 g/mol. The molecule has 3 nitrogen and oxygen atoms in total. The molecule has 0 atom stereocenters. The van der Waals surface area contributed by atoms with E-state index in [1.165, 1.54) is 0 Å². The van der Waals surface area contributed by atoms with Gasteiger partial charge in [0.05, 0.1) is 5.56 Å². The van der Waals surface area contributed by atoms with Crippen LogP contribution in [0.2, 0.25) is 0 Å². The predicted molar refractivity (Wildman–Crippen MR) is 98.7 cm³/mol. The standard InChI is InChI=1S/C22H16O3/c23-22-20(14-18-8-4-5-9-21(18)25-22)17-10-12-19(13-11-17)24-15-16-6-2-1-3-7-16/h1-14H,15H2. The van der Waals surface area contributed by atoms with E-state index in [1.807, 2.05) is 78.9 Å². The molecule has 122 valence electrons. The van der Waals surface area contributed by atoms with Crippen LogP contribution in [0.4, 0.5) is 0 Å². The fourth-order valence-electron chi connectivity index (χ4n) is 2.73. The van der Waals surface area contributed by atoms with E-state index >= 15 is 0 Å².